The molecular formula is C23H20N2. The highest BCUT2D eigenvalue weighted by Crippen LogP contribution is 2.47. The molecule has 0 bridgehead atoms. The monoisotopic (exact) mass is 324 g/mol. The van der Waals surface area contributed by atoms with E-state index in [1.54, 1.807) is 0 Å². The molecule has 2 aromatic carbocycles. The predicted molar refractivity (Wildman–Crippen MR) is 103 cm³/mol. The van der Waals surface area contributed by atoms with Crippen LogP contribution in [0.1, 0.15) is 42.5 Å². The first kappa shape index (κ1) is 14.6. The molecule has 0 aliphatic heterocycles. The molecule has 1 aliphatic carbocycles. The minimum absolute atomic E-state index is 0.449. The quantitative estimate of drug-likeness (QED) is 0.463. The van der Waals surface area contributed by atoms with E-state index in [2.05, 4.69) is 60.7 Å². The third-order valence-electron chi connectivity index (χ3n) is 5.63. The first-order valence-electron chi connectivity index (χ1n) is 9.09. The van der Waals surface area contributed by atoms with Crippen LogP contribution in [0.25, 0.3) is 21.5 Å². The molecule has 122 valence electrons. The summed E-state index contributed by atoms with van der Waals surface area (Å²) in [6.45, 7) is 0. The van der Waals surface area contributed by atoms with Gasteiger partial charge in [0.25, 0.3) is 0 Å². The molecule has 2 heteroatoms. The third kappa shape index (κ3) is 2.41. The van der Waals surface area contributed by atoms with Gasteiger partial charge in [0.2, 0.25) is 0 Å². The summed E-state index contributed by atoms with van der Waals surface area (Å²) >= 11 is 0. The largest absolute Gasteiger partial charge is 0.260 e. The summed E-state index contributed by atoms with van der Waals surface area (Å²) < 4.78 is 0. The average molecular weight is 324 g/mol. The number of nitrogens with zero attached hydrogens (tertiary/aromatic N) is 2. The fourth-order valence-electron chi connectivity index (χ4n) is 4.49. The Kier molecular flexibility index (Phi) is 3.48. The van der Waals surface area contributed by atoms with Crippen molar-refractivity contribution >= 4 is 21.5 Å². The predicted octanol–water partition coefficient (Wildman–Crippen LogP) is 5.83. The Morgan fingerprint density at radius 3 is 1.60 bits per heavy atom. The lowest BCUT2D eigenvalue weighted by Crippen LogP contribution is -2.09. The van der Waals surface area contributed by atoms with Crippen molar-refractivity contribution in [1.29, 1.82) is 0 Å². The van der Waals surface area contributed by atoms with Crippen molar-refractivity contribution in [3.63, 3.8) is 0 Å². The lowest BCUT2D eigenvalue weighted by molar-refractivity contribution is 0.602. The lowest BCUT2D eigenvalue weighted by Gasteiger charge is -2.21. The van der Waals surface area contributed by atoms with Crippen LogP contribution in [0, 0.1) is 0 Å². The summed E-state index contributed by atoms with van der Waals surface area (Å²) in [6.07, 6.45) is 7.55. The van der Waals surface area contributed by atoms with Crippen molar-refractivity contribution in [2.75, 3.05) is 0 Å². The Bertz CT molecular complexity index is 958. The van der Waals surface area contributed by atoms with E-state index < -0.39 is 0 Å². The third-order valence-corrected chi connectivity index (χ3v) is 5.63. The number of fused-ring (bicyclic) bond motifs is 2. The normalized spacial score (nSPS) is 20.3. The van der Waals surface area contributed by atoms with Gasteiger partial charge in [-0.25, -0.2) is 0 Å². The zero-order valence-electron chi connectivity index (χ0n) is 14.1. The number of rotatable bonds is 2. The minimum atomic E-state index is 0.449. The van der Waals surface area contributed by atoms with E-state index in [-0.39, 0.29) is 0 Å². The van der Waals surface area contributed by atoms with Crippen LogP contribution in [0.3, 0.4) is 0 Å². The van der Waals surface area contributed by atoms with Gasteiger partial charge in [-0.15, -0.1) is 0 Å². The van der Waals surface area contributed by atoms with E-state index in [4.69, 9.17) is 9.97 Å². The summed E-state index contributed by atoms with van der Waals surface area (Å²) in [7, 11) is 0. The first-order valence-corrected chi connectivity index (χ1v) is 9.09. The van der Waals surface area contributed by atoms with E-state index in [1.165, 1.54) is 52.2 Å². The molecule has 0 spiro atoms. The van der Waals surface area contributed by atoms with Crippen LogP contribution < -0.4 is 0 Å². The summed E-state index contributed by atoms with van der Waals surface area (Å²) in [6, 6.07) is 21.4. The molecule has 1 fully saturated rings. The van der Waals surface area contributed by atoms with Gasteiger partial charge in [-0.3, -0.25) is 9.97 Å². The number of aromatic nitrogens is 2. The molecule has 4 aromatic rings. The standard InChI is InChI=1S/C23H20N2/c1-3-8-18-16(6-1)12-14-24-22(18)20-10-5-11-21(20)23-19-9-4-2-7-17(19)13-15-25-23/h1-4,6-9,12-15,20-21H,5,10-11H2. The highest BCUT2D eigenvalue weighted by molar-refractivity contribution is 5.86. The molecule has 1 saturated carbocycles. The molecule has 0 N–H and O–H groups in total. The molecule has 0 amide bonds. The lowest BCUT2D eigenvalue weighted by atomic mass is 9.85. The van der Waals surface area contributed by atoms with Crippen molar-refractivity contribution in [2.24, 2.45) is 0 Å². The van der Waals surface area contributed by atoms with Crippen molar-refractivity contribution in [3.8, 4) is 0 Å². The van der Waals surface area contributed by atoms with Gasteiger partial charge in [0, 0.05) is 35.0 Å². The Hall–Kier alpha value is -2.74. The van der Waals surface area contributed by atoms with Gasteiger partial charge in [-0.1, -0.05) is 55.0 Å². The van der Waals surface area contributed by atoms with Crippen LogP contribution in [0.15, 0.2) is 73.1 Å². The van der Waals surface area contributed by atoms with Gasteiger partial charge >= 0.3 is 0 Å². The topological polar surface area (TPSA) is 25.8 Å². The molecule has 2 aromatic heterocycles. The van der Waals surface area contributed by atoms with Crippen LogP contribution >= 0.6 is 0 Å². The van der Waals surface area contributed by atoms with Gasteiger partial charge in [-0.05, 0) is 35.7 Å². The molecule has 0 saturated heterocycles. The second kappa shape index (κ2) is 5.96. The maximum atomic E-state index is 4.82. The second-order valence-electron chi connectivity index (χ2n) is 6.98. The van der Waals surface area contributed by atoms with Gasteiger partial charge in [0.05, 0.1) is 11.4 Å². The van der Waals surface area contributed by atoms with Gasteiger partial charge in [-0.2, -0.15) is 0 Å². The minimum Gasteiger partial charge on any atom is -0.260 e. The Balaban J connectivity index is 1.67. The second-order valence-corrected chi connectivity index (χ2v) is 6.98. The van der Waals surface area contributed by atoms with E-state index in [0.29, 0.717) is 11.8 Å². The van der Waals surface area contributed by atoms with Crippen LogP contribution in [0.2, 0.25) is 0 Å². The highest BCUT2D eigenvalue weighted by atomic mass is 14.7. The Morgan fingerprint density at radius 1 is 0.600 bits per heavy atom. The van der Waals surface area contributed by atoms with Gasteiger partial charge < -0.3 is 0 Å². The molecule has 2 atom stereocenters. The fourth-order valence-corrected chi connectivity index (χ4v) is 4.49. The van der Waals surface area contributed by atoms with Gasteiger partial charge in [0.1, 0.15) is 0 Å². The SMILES string of the molecule is c1ccc2c(C3CCCC3c3nccc4ccccc34)nccc2c1. The van der Waals surface area contributed by atoms with E-state index in [0.717, 1.165) is 0 Å². The molecule has 2 heterocycles. The number of hydrogen-bond donors (Lipinski definition) is 0. The fraction of sp³-hybridized carbons (Fsp3) is 0.217. The maximum absolute atomic E-state index is 4.82. The maximum Gasteiger partial charge on any atom is 0.0519 e. The first-order chi connectivity index (χ1) is 12.4. The van der Waals surface area contributed by atoms with E-state index in [1.807, 2.05) is 12.4 Å². The van der Waals surface area contributed by atoms with Crippen LogP contribution in [-0.4, -0.2) is 9.97 Å². The number of hydrogen-bond acceptors (Lipinski definition) is 2. The van der Waals surface area contributed by atoms with Crippen LogP contribution in [0.4, 0.5) is 0 Å². The van der Waals surface area contributed by atoms with E-state index >= 15 is 0 Å². The zero-order valence-corrected chi connectivity index (χ0v) is 14.1. The number of pyridine rings is 2. The molecule has 0 radical (unpaired) electrons. The van der Waals surface area contributed by atoms with Crippen LogP contribution in [-0.2, 0) is 0 Å². The molecule has 1 aliphatic rings. The zero-order chi connectivity index (χ0) is 16.6. The summed E-state index contributed by atoms with van der Waals surface area (Å²) in [5.41, 5.74) is 2.49. The van der Waals surface area contributed by atoms with Crippen LogP contribution in [0.5, 0.6) is 0 Å². The summed E-state index contributed by atoms with van der Waals surface area (Å²) in [5.74, 6) is 0.897. The van der Waals surface area contributed by atoms with Gasteiger partial charge in [0.15, 0.2) is 0 Å². The molecule has 5 rings (SSSR count). The highest BCUT2D eigenvalue weighted by Gasteiger charge is 2.33. The smallest absolute Gasteiger partial charge is 0.0519 e. The van der Waals surface area contributed by atoms with Crippen molar-refractivity contribution < 1.29 is 0 Å². The summed E-state index contributed by atoms with van der Waals surface area (Å²) in [5, 5.41) is 5.15. The van der Waals surface area contributed by atoms with Crippen molar-refractivity contribution in [1.82, 2.24) is 9.97 Å². The molecular weight excluding hydrogens is 304 g/mol. The molecule has 2 nitrogen and oxygen atoms in total. The molecule has 2 unspecified atom stereocenters. The van der Waals surface area contributed by atoms with E-state index in [9.17, 15) is 0 Å². The van der Waals surface area contributed by atoms with Crippen molar-refractivity contribution in [2.45, 2.75) is 31.1 Å². The molecule has 25 heavy (non-hydrogen) atoms. The average Bonchev–Trinajstić information content (AvgIpc) is 3.16. The Morgan fingerprint density at radius 2 is 1.08 bits per heavy atom. The summed E-state index contributed by atoms with van der Waals surface area (Å²) in [4.78, 5) is 9.63. The Labute approximate surface area is 147 Å². The van der Waals surface area contributed by atoms with Crippen molar-refractivity contribution in [3.05, 3.63) is 84.4 Å². The number of benzene rings is 2.